The van der Waals surface area contributed by atoms with E-state index >= 15 is 0 Å². The number of hydrogen-bond donors (Lipinski definition) is 0. The maximum atomic E-state index is 9.40. The van der Waals surface area contributed by atoms with Crippen LogP contribution in [0.4, 0.5) is 0 Å². The molecule has 0 saturated heterocycles. The van der Waals surface area contributed by atoms with Gasteiger partial charge in [0.15, 0.2) is 0 Å². The molecule has 0 spiro atoms. The average Bonchev–Trinajstić information content (AvgIpc) is 1.57. The van der Waals surface area contributed by atoms with Crippen LogP contribution in [-0.4, -0.2) is 0 Å². The fourth-order valence-corrected chi connectivity index (χ4v) is 0.735. The predicted octanol–water partition coefficient (Wildman–Crippen LogP) is -15.4. The maximum Gasteiger partial charge on any atom is 1.00 e. The molecule has 0 radical (unpaired) electrons. The summed E-state index contributed by atoms with van der Waals surface area (Å²) < 4.78 is 24.1. The van der Waals surface area contributed by atoms with Gasteiger partial charge in [0.05, 0.1) is 0 Å². The summed E-state index contributed by atoms with van der Waals surface area (Å²) in [4.78, 5) is 37.6. The summed E-state index contributed by atoms with van der Waals surface area (Å²) in [5, 5.41) is 0. The summed E-state index contributed by atoms with van der Waals surface area (Å²) in [7, 11) is -11.1. The van der Waals surface area contributed by atoms with E-state index < -0.39 is 15.6 Å². The molecule has 0 bridgehead atoms. The van der Waals surface area contributed by atoms with Crippen molar-refractivity contribution in [3.8, 4) is 0 Å². The summed E-state index contributed by atoms with van der Waals surface area (Å²) in [6, 6.07) is 0. The van der Waals surface area contributed by atoms with Crippen LogP contribution in [0.1, 0.15) is 0 Å². The first-order valence-corrected chi connectivity index (χ1v) is 4.55. The number of hydrogen-bond acceptors (Lipinski definition) is 8. The minimum atomic E-state index is -5.56. The molecule has 62 valence electrons. The summed E-state index contributed by atoms with van der Waals surface area (Å²) in [5.74, 6) is 0. The maximum absolute atomic E-state index is 9.40. The van der Waals surface area contributed by atoms with Crippen LogP contribution in [0.3, 0.4) is 0 Å². The largest absolute Gasteiger partial charge is 1.00 e. The molecule has 14 heavy (non-hydrogen) atoms. The molecule has 0 aromatic carbocycles. The van der Waals surface area contributed by atoms with Crippen molar-refractivity contribution in [2.75, 3.05) is 0 Å². The van der Waals surface area contributed by atoms with E-state index in [-0.39, 0.29) is 162 Å². The molecular weight excluding hydrogens is 314 g/mol. The molecule has 0 aliphatic carbocycles. The topological polar surface area (TPSA) is 145 Å². The van der Waals surface area contributed by atoms with Crippen LogP contribution >= 0.6 is 15.6 Å². The van der Waals surface area contributed by atoms with Gasteiger partial charge in [0.25, 0.3) is 0 Å². The van der Waals surface area contributed by atoms with Gasteiger partial charge in [-0.25, -0.2) is 9.35 Å². The molecule has 0 fully saturated rings. The Kier molecular flexibility index (Phi) is 33.8. The van der Waals surface area contributed by atoms with E-state index in [2.05, 4.69) is 9.35 Å². The van der Waals surface area contributed by atoms with Crippen LogP contribution in [0, 0.1) is 0 Å². The third-order valence-electron chi connectivity index (χ3n) is 0.216. The van der Waals surface area contributed by atoms with E-state index in [0.29, 0.717) is 0 Å². The molecular formula is K2Na2O8P2. The molecule has 0 unspecified atom stereocenters. The first kappa shape index (κ1) is 31.7. The summed E-state index contributed by atoms with van der Waals surface area (Å²) in [5.41, 5.74) is 0. The van der Waals surface area contributed by atoms with Gasteiger partial charge in [-0.05, 0) is 0 Å². The zero-order valence-electron chi connectivity index (χ0n) is 8.16. The SMILES string of the molecule is O=P([O-])([O-])OOP(=O)([O-])[O-].[K+].[K+].[Na+].[Na+]. The van der Waals surface area contributed by atoms with Crippen LogP contribution < -0.4 is 181 Å². The molecule has 14 heteroatoms. The second kappa shape index (κ2) is 14.9. The summed E-state index contributed by atoms with van der Waals surface area (Å²) in [6.07, 6.45) is 0. The van der Waals surface area contributed by atoms with Crippen LogP contribution in [0.15, 0.2) is 0 Å². The Morgan fingerprint density at radius 1 is 0.714 bits per heavy atom. The van der Waals surface area contributed by atoms with E-state index in [9.17, 15) is 28.7 Å². The Bertz CT molecular complexity index is 174. The summed E-state index contributed by atoms with van der Waals surface area (Å²) in [6.45, 7) is 0. The molecule has 0 heterocycles. The minimum absolute atomic E-state index is 0. The van der Waals surface area contributed by atoms with Crippen molar-refractivity contribution < 1.29 is 200 Å². The van der Waals surface area contributed by atoms with Crippen molar-refractivity contribution in [3.05, 3.63) is 0 Å². The van der Waals surface area contributed by atoms with Crippen molar-refractivity contribution in [2.45, 2.75) is 0 Å². The first-order valence-electron chi connectivity index (χ1n) is 1.63. The third kappa shape index (κ3) is 30.5. The molecule has 0 aliphatic heterocycles. The molecule has 0 aromatic heterocycles. The van der Waals surface area contributed by atoms with Crippen molar-refractivity contribution in [1.82, 2.24) is 0 Å². The fraction of sp³-hybridized carbons (Fsp3) is 0. The smallest absolute Gasteiger partial charge is 0.788 e. The van der Waals surface area contributed by atoms with Gasteiger partial charge in [-0.3, -0.25) is 0 Å². The fourth-order valence-electron chi connectivity index (χ4n) is 0.0816. The van der Waals surface area contributed by atoms with Gasteiger partial charge >= 0.3 is 162 Å². The summed E-state index contributed by atoms with van der Waals surface area (Å²) >= 11 is 0. The Hall–Kier alpha value is 5.49. The Labute approximate surface area is 209 Å². The van der Waals surface area contributed by atoms with E-state index in [0.717, 1.165) is 0 Å². The van der Waals surface area contributed by atoms with E-state index in [1.54, 1.807) is 0 Å². The van der Waals surface area contributed by atoms with E-state index in [1.165, 1.54) is 0 Å². The molecule has 8 nitrogen and oxygen atoms in total. The minimum Gasteiger partial charge on any atom is -0.788 e. The molecule has 0 rings (SSSR count). The van der Waals surface area contributed by atoms with Gasteiger partial charge in [-0.2, -0.15) is 0 Å². The van der Waals surface area contributed by atoms with Crippen LogP contribution in [-0.2, 0) is 18.5 Å². The van der Waals surface area contributed by atoms with Gasteiger partial charge in [-0.15, -0.1) is 0 Å². The van der Waals surface area contributed by atoms with E-state index in [1.807, 2.05) is 0 Å². The molecule has 0 amide bonds. The van der Waals surface area contributed by atoms with Gasteiger partial charge in [-0.1, -0.05) is 0 Å². The first-order chi connectivity index (χ1) is 4.21. The van der Waals surface area contributed by atoms with Crippen molar-refractivity contribution in [1.29, 1.82) is 0 Å². The molecule has 0 N–H and O–H groups in total. The van der Waals surface area contributed by atoms with Crippen LogP contribution in [0.2, 0.25) is 0 Å². The molecule has 0 aromatic rings. The Morgan fingerprint density at radius 3 is 0.929 bits per heavy atom. The van der Waals surface area contributed by atoms with Gasteiger partial charge in [0.1, 0.15) is 15.6 Å². The second-order valence-corrected chi connectivity index (χ2v) is 3.13. The molecule has 0 atom stereocenters. The van der Waals surface area contributed by atoms with Gasteiger partial charge in [0, 0.05) is 0 Å². The zero-order valence-corrected chi connectivity index (χ0v) is 20.2. The third-order valence-corrected chi connectivity index (χ3v) is 0.848. The monoisotopic (exact) mass is 314 g/mol. The second-order valence-electron chi connectivity index (χ2n) is 1.04. The van der Waals surface area contributed by atoms with Crippen molar-refractivity contribution >= 4 is 15.6 Å². The zero-order chi connectivity index (χ0) is 8.41. The standard InChI is InChI=1S/2K.2Na.H4O8P2/c;;;;1-9(2,3)7-8-10(4,5)6/h;;;;(H2,1,2,3)(H2,4,5,6)/q4*+1;/p-4. The van der Waals surface area contributed by atoms with Crippen LogP contribution in [0.25, 0.3) is 0 Å². The average molecular weight is 314 g/mol. The number of phosphoric acid groups is 2. The van der Waals surface area contributed by atoms with E-state index in [4.69, 9.17) is 0 Å². The van der Waals surface area contributed by atoms with Gasteiger partial charge < -0.3 is 28.7 Å². The van der Waals surface area contributed by atoms with Crippen molar-refractivity contribution in [3.63, 3.8) is 0 Å². The molecule has 0 aliphatic rings. The quantitative estimate of drug-likeness (QED) is 0.216. The van der Waals surface area contributed by atoms with Crippen molar-refractivity contribution in [2.24, 2.45) is 0 Å². The van der Waals surface area contributed by atoms with Gasteiger partial charge in [0.2, 0.25) is 0 Å². The Morgan fingerprint density at radius 2 is 0.857 bits per heavy atom. The predicted molar refractivity (Wildman–Crippen MR) is 17.4 cm³/mol. The normalized spacial score (nSPS) is 9.71. The van der Waals surface area contributed by atoms with Crippen LogP contribution in [0.5, 0.6) is 0 Å². The molecule has 0 saturated carbocycles. The number of rotatable bonds is 3. The Balaban J connectivity index is -0.0000000675.